The van der Waals surface area contributed by atoms with Gasteiger partial charge in [0.25, 0.3) is 0 Å². The largest absolute Gasteiger partial charge is 0.456 e. The molecule has 0 saturated carbocycles. The molecule has 94 heavy (non-hydrogen) atoms. The number of hydrogen-bond acceptors (Lipinski definition) is 7. The summed E-state index contributed by atoms with van der Waals surface area (Å²) >= 11 is 0. The number of para-hydroxylation sites is 1. The van der Waals surface area contributed by atoms with Gasteiger partial charge in [-0.05, 0) is 180 Å². The summed E-state index contributed by atoms with van der Waals surface area (Å²) in [5.74, 6) is 1.04. The Hall–Kier alpha value is -13.8. The zero-order chi connectivity index (χ0) is 63.0. The van der Waals surface area contributed by atoms with E-state index in [1.54, 1.807) is 0 Å². The van der Waals surface area contributed by atoms with Crippen LogP contribution in [0.2, 0.25) is 0 Å². The Balaban J connectivity index is 1.14. The van der Waals surface area contributed by atoms with Gasteiger partial charge in [-0.1, -0.05) is 109 Å². The molecule has 11 nitrogen and oxygen atoms in total. The Morgan fingerprint density at radius 2 is 0.617 bits per heavy atom. The number of fused-ring (bicyclic) bond motifs is 15. The van der Waals surface area contributed by atoms with Crippen molar-refractivity contribution in [1.82, 2.24) is 23.3 Å². The van der Waals surface area contributed by atoms with Crippen molar-refractivity contribution in [3.8, 4) is 86.7 Å². The first kappa shape index (κ1) is 53.3. The SMILES string of the molecule is Cc1ccc2c(c1)c1cc(C#N)ccc1n2-c1nc(-n2c3ccc(-c4ccccc4)cc3c3cc(-c4ccccc4)ccc32)c(-n2c3ccc(C#N)cc3c3cc(C#N)ccc32)c(-c2ccc3c(c2)oc2ccccc23)c1-n1c2ccc(C#N)cc2c2cc(C#N)ccc21. The van der Waals surface area contributed by atoms with Crippen molar-refractivity contribution in [3.05, 3.63) is 282 Å². The minimum absolute atomic E-state index is 0.445. The number of furan rings is 1. The molecule has 0 spiro atoms. The number of rotatable bonds is 7. The zero-order valence-corrected chi connectivity index (χ0v) is 50.1. The van der Waals surface area contributed by atoms with Gasteiger partial charge in [-0.15, -0.1) is 0 Å². The lowest BCUT2D eigenvalue weighted by Crippen LogP contribution is -2.16. The highest BCUT2D eigenvalue weighted by Gasteiger charge is 2.34. The predicted octanol–water partition coefficient (Wildman–Crippen LogP) is 20.0. The van der Waals surface area contributed by atoms with E-state index in [4.69, 9.17) is 9.40 Å². The van der Waals surface area contributed by atoms with Crippen molar-refractivity contribution in [1.29, 1.82) is 26.3 Å². The fraction of sp³-hybridized carbons (Fsp3) is 0.0120. The van der Waals surface area contributed by atoms with Crippen molar-refractivity contribution in [2.24, 2.45) is 0 Å². The van der Waals surface area contributed by atoms with E-state index in [1.807, 2.05) is 121 Å². The molecule has 0 amide bonds. The van der Waals surface area contributed by atoms with Crippen molar-refractivity contribution >= 4 is 109 Å². The van der Waals surface area contributed by atoms with E-state index in [0.717, 1.165) is 137 Å². The molecule has 6 aromatic heterocycles. The third kappa shape index (κ3) is 7.82. The van der Waals surface area contributed by atoms with Gasteiger partial charge in [-0.25, -0.2) is 4.98 Å². The second-order valence-corrected chi connectivity index (χ2v) is 23.9. The first-order valence-corrected chi connectivity index (χ1v) is 30.7. The molecule has 0 N–H and O–H groups in total. The highest BCUT2D eigenvalue weighted by atomic mass is 16.3. The normalized spacial score (nSPS) is 11.6. The third-order valence-corrected chi connectivity index (χ3v) is 18.7. The summed E-state index contributed by atoms with van der Waals surface area (Å²) in [5, 5.41) is 61.9. The van der Waals surface area contributed by atoms with Crippen LogP contribution >= 0.6 is 0 Å². The van der Waals surface area contributed by atoms with E-state index < -0.39 is 0 Å². The Morgan fingerprint density at radius 1 is 0.277 bits per heavy atom. The minimum Gasteiger partial charge on any atom is -0.456 e. The van der Waals surface area contributed by atoms with Crippen LogP contribution in [0, 0.1) is 63.6 Å². The van der Waals surface area contributed by atoms with Crippen LogP contribution in [0.5, 0.6) is 0 Å². The maximum Gasteiger partial charge on any atom is 0.165 e. The summed E-state index contributed by atoms with van der Waals surface area (Å²) in [7, 11) is 0. The van der Waals surface area contributed by atoms with E-state index in [2.05, 4.69) is 183 Å². The van der Waals surface area contributed by atoms with Gasteiger partial charge >= 0.3 is 0 Å². The average Bonchev–Trinajstić information content (AvgIpc) is 1.48. The predicted molar refractivity (Wildman–Crippen MR) is 373 cm³/mol. The molecule has 0 saturated heterocycles. The van der Waals surface area contributed by atoms with Crippen LogP contribution in [0.15, 0.2) is 253 Å². The molecular formula is C83H44N10O. The Labute approximate surface area is 535 Å². The number of aryl methyl sites for hydroxylation is 1. The first-order valence-electron chi connectivity index (χ1n) is 30.7. The van der Waals surface area contributed by atoms with Crippen molar-refractivity contribution in [3.63, 3.8) is 0 Å². The van der Waals surface area contributed by atoms with E-state index in [1.165, 1.54) is 0 Å². The van der Waals surface area contributed by atoms with Crippen molar-refractivity contribution < 1.29 is 4.42 Å². The fourth-order valence-corrected chi connectivity index (χ4v) is 14.5. The van der Waals surface area contributed by atoms with Gasteiger partial charge in [0, 0.05) is 59.4 Å². The summed E-state index contributed by atoms with van der Waals surface area (Å²) in [6.45, 7) is 2.07. The monoisotopic (exact) mass is 1200 g/mol. The van der Waals surface area contributed by atoms with E-state index in [-0.39, 0.29) is 0 Å². The molecule has 0 atom stereocenters. The molecule has 0 radical (unpaired) electrons. The van der Waals surface area contributed by atoms with E-state index in [9.17, 15) is 26.3 Å². The number of aromatic nitrogens is 5. The summed E-state index contributed by atoms with van der Waals surface area (Å²) in [6.07, 6.45) is 0. The van der Waals surface area contributed by atoms with Gasteiger partial charge in [0.15, 0.2) is 11.6 Å². The van der Waals surface area contributed by atoms with Crippen LogP contribution < -0.4 is 0 Å². The van der Waals surface area contributed by atoms with Gasteiger partial charge < -0.3 is 13.6 Å². The van der Waals surface area contributed by atoms with Gasteiger partial charge in [0.1, 0.15) is 22.5 Å². The molecule has 0 aliphatic rings. The lowest BCUT2D eigenvalue weighted by atomic mass is 9.98. The molecule has 6 heterocycles. The van der Waals surface area contributed by atoms with Crippen LogP contribution in [0.4, 0.5) is 0 Å². The van der Waals surface area contributed by atoms with Gasteiger partial charge in [-0.3, -0.25) is 9.13 Å². The van der Waals surface area contributed by atoms with Gasteiger partial charge in [0.05, 0.1) is 102 Å². The van der Waals surface area contributed by atoms with Crippen LogP contribution in [-0.4, -0.2) is 23.3 Å². The molecule has 432 valence electrons. The second-order valence-electron chi connectivity index (χ2n) is 23.9. The highest BCUT2D eigenvalue weighted by molar-refractivity contribution is 6.18. The molecular weight excluding hydrogens is 1150 g/mol. The van der Waals surface area contributed by atoms with Gasteiger partial charge in [-0.2, -0.15) is 26.3 Å². The average molecular weight is 1200 g/mol. The highest BCUT2D eigenvalue weighted by Crippen LogP contribution is 2.51. The second kappa shape index (κ2) is 20.4. The standard InChI is InChI=1S/C83H44N10O/c1-48-16-26-73-61(34-48)62-35-53(47-88)21-31-74(62)92(73)82-80(90-69-27-17-49(43-84)36-63(69)64-37-50(44-85)18-28-70(64)90)79(58-22-25-60-59-14-8-9-15-77(59)94-78(60)42-58)81(91-71-29-19-51(45-86)38-65(71)66-39-52(46-87)20-30-72(66)91)83(89-82)93-75-32-23-56(54-10-4-2-5-11-54)40-67(75)68-41-57(24-33-76(68)93)55-12-6-3-7-13-55/h2-42H,1H3. The molecule has 12 aromatic carbocycles. The first-order chi connectivity index (χ1) is 46.3. The minimum atomic E-state index is 0.445. The molecule has 0 bridgehead atoms. The molecule has 18 rings (SSSR count). The van der Waals surface area contributed by atoms with E-state index in [0.29, 0.717) is 62.0 Å². The summed E-state index contributed by atoms with van der Waals surface area (Å²) in [4.78, 5) is 6.43. The lowest BCUT2D eigenvalue weighted by Gasteiger charge is -2.27. The summed E-state index contributed by atoms with van der Waals surface area (Å²) < 4.78 is 15.9. The quantitative estimate of drug-likeness (QED) is 0.153. The third-order valence-electron chi connectivity index (χ3n) is 18.7. The smallest absolute Gasteiger partial charge is 0.165 e. The molecule has 0 unspecified atom stereocenters. The van der Waals surface area contributed by atoms with Crippen molar-refractivity contribution in [2.75, 3.05) is 0 Å². The molecule has 11 heteroatoms. The zero-order valence-electron chi connectivity index (χ0n) is 50.1. The Morgan fingerprint density at radius 3 is 1.04 bits per heavy atom. The number of benzene rings is 12. The number of nitrogens with zero attached hydrogens (tertiary/aromatic N) is 10. The summed E-state index contributed by atoms with van der Waals surface area (Å²) in [6, 6.07) is 95.7. The molecule has 0 fully saturated rings. The molecule has 0 aliphatic carbocycles. The number of hydrogen-bond donors (Lipinski definition) is 0. The van der Waals surface area contributed by atoms with Crippen LogP contribution in [0.1, 0.15) is 33.4 Å². The van der Waals surface area contributed by atoms with Crippen LogP contribution in [0.25, 0.3) is 166 Å². The van der Waals surface area contributed by atoms with Crippen LogP contribution in [-0.2, 0) is 0 Å². The van der Waals surface area contributed by atoms with E-state index >= 15 is 0 Å². The molecule has 18 aromatic rings. The Kier molecular flexibility index (Phi) is 11.6. The Bertz CT molecular complexity index is 6380. The molecule has 0 aliphatic heterocycles. The number of nitriles is 5. The summed E-state index contributed by atoms with van der Waals surface area (Å²) in [5.41, 5.74) is 17.9. The lowest BCUT2D eigenvalue weighted by molar-refractivity contribution is 0.669. The fourth-order valence-electron chi connectivity index (χ4n) is 14.5. The maximum absolute atomic E-state index is 10.7. The maximum atomic E-state index is 10.7. The van der Waals surface area contributed by atoms with Crippen LogP contribution in [0.3, 0.4) is 0 Å². The van der Waals surface area contributed by atoms with Crippen molar-refractivity contribution in [2.45, 2.75) is 6.92 Å². The van der Waals surface area contributed by atoms with Gasteiger partial charge in [0.2, 0.25) is 0 Å². The topological polar surface area (TPSA) is 165 Å². The number of pyridine rings is 1.